The number of nitrogens with zero attached hydrogens (tertiary/aromatic N) is 1. The molecule has 0 heterocycles. The molecular weight excluding hydrogens is 353 g/mol. The molecule has 5 N–H and O–H groups in total. The Morgan fingerprint density at radius 2 is 1.75 bits per heavy atom. The average Bonchev–Trinajstić information content (AvgIpc) is 2.56. The third-order valence-corrected chi connectivity index (χ3v) is 3.21. The zero-order chi connectivity index (χ0) is 19.3. The SMILES string of the molecule is C=CCOP(=O)(O)OC[C@@H](O)[C@@H](O)[C@H](O)[C@@H](O)C=O.CC[N+](=O)[O-]. The van der Waals surface area contributed by atoms with Gasteiger partial charge in [-0.3, -0.25) is 19.2 Å². The molecule has 0 aromatic carbocycles. The fourth-order valence-electron chi connectivity index (χ4n) is 0.963. The molecule has 0 aliphatic rings. The molecule has 12 nitrogen and oxygen atoms in total. The van der Waals surface area contributed by atoms with E-state index in [0.29, 0.717) is 0 Å². The molecule has 142 valence electrons. The van der Waals surface area contributed by atoms with Crippen LogP contribution in [-0.2, 0) is 18.4 Å². The Morgan fingerprint density at radius 3 is 2.12 bits per heavy atom. The summed E-state index contributed by atoms with van der Waals surface area (Å²) in [6, 6.07) is 0. The van der Waals surface area contributed by atoms with E-state index in [2.05, 4.69) is 15.6 Å². The van der Waals surface area contributed by atoms with Gasteiger partial charge < -0.3 is 30.1 Å². The minimum absolute atomic E-state index is 0.0278. The first-order valence-corrected chi connectivity index (χ1v) is 8.04. The molecule has 0 amide bonds. The average molecular weight is 375 g/mol. The molecule has 0 radical (unpaired) electrons. The van der Waals surface area contributed by atoms with Gasteiger partial charge in [-0.25, -0.2) is 4.57 Å². The molecule has 0 spiro atoms. The highest BCUT2D eigenvalue weighted by Crippen LogP contribution is 2.43. The Balaban J connectivity index is 0. The predicted molar refractivity (Wildman–Crippen MR) is 79.6 cm³/mol. The third kappa shape index (κ3) is 12.2. The Hall–Kier alpha value is -1.24. The summed E-state index contributed by atoms with van der Waals surface area (Å²) in [4.78, 5) is 28.0. The van der Waals surface area contributed by atoms with Gasteiger partial charge in [0.1, 0.15) is 24.4 Å². The van der Waals surface area contributed by atoms with Crippen LogP contribution in [0.3, 0.4) is 0 Å². The van der Waals surface area contributed by atoms with Crippen LogP contribution in [0.2, 0.25) is 0 Å². The van der Waals surface area contributed by atoms with E-state index in [9.17, 15) is 34.8 Å². The number of hydrogen-bond donors (Lipinski definition) is 5. The summed E-state index contributed by atoms with van der Waals surface area (Å²) in [5, 5.41) is 46.0. The monoisotopic (exact) mass is 375 g/mol. The first-order valence-electron chi connectivity index (χ1n) is 6.54. The van der Waals surface area contributed by atoms with Crippen molar-refractivity contribution in [3.05, 3.63) is 22.8 Å². The molecule has 0 saturated heterocycles. The summed E-state index contributed by atoms with van der Waals surface area (Å²) in [5.74, 6) is 0. The van der Waals surface area contributed by atoms with Crippen molar-refractivity contribution < 1.29 is 48.6 Å². The Kier molecular flexibility index (Phi) is 13.6. The highest BCUT2D eigenvalue weighted by molar-refractivity contribution is 7.47. The van der Waals surface area contributed by atoms with E-state index in [4.69, 9.17) is 10.00 Å². The lowest BCUT2D eigenvalue weighted by Gasteiger charge is -2.24. The maximum atomic E-state index is 11.2. The predicted octanol–water partition coefficient (Wildman–Crippen LogP) is -1.77. The standard InChI is InChI=1S/C9H17O9P.C2H5NO2/c1-2-3-17-19(15,16)18-5-7(12)9(14)8(13)6(11)4-10;1-2-3(4)5/h2,4,6-9,11-14H,1,3,5H2,(H,15,16);2H2,1H3/t6-,7+,8+,9+;/m0./s1. The van der Waals surface area contributed by atoms with Gasteiger partial charge in [-0.05, 0) is 0 Å². The zero-order valence-electron chi connectivity index (χ0n) is 12.9. The van der Waals surface area contributed by atoms with E-state index in [0.717, 1.165) is 0 Å². The van der Waals surface area contributed by atoms with Crippen LogP contribution in [0.5, 0.6) is 0 Å². The van der Waals surface area contributed by atoms with E-state index < -0.39 is 38.8 Å². The number of carbonyl (C=O) groups excluding carboxylic acids is 1. The smallest absolute Gasteiger partial charge is 0.388 e. The fourth-order valence-corrected chi connectivity index (χ4v) is 1.67. The van der Waals surface area contributed by atoms with Gasteiger partial charge >= 0.3 is 7.82 Å². The number of phosphoric acid groups is 1. The Labute approximate surface area is 137 Å². The van der Waals surface area contributed by atoms with Gasteiger partial charge in [0.25, 0.3) is 0 Å². The molecule has 0 fully saturated rings. The van der Waals surface area contributed by atoms with Crippen LogP contribution < -0.4 is 0 Å². The van der Waals surface area contributed by atoms with Crippen LogP contribution in [-0.4, -0.2) is 80.7 Å². The number of aldehydes is 1. The van der Waals surface area contributed by atoms with Gasteiger partial charge in [0, 0.05) is 11.8 Å². The number of carbonyl (C=O) groups is 1. The van der Waals surface area contributed by atoms with Gasteiger partial charge in [0.2, 0.25) is 6.54 Å². The number of phosphoric ester groups is 1. The van der Waals surface area contributed by atoms with E-state index >= 15 is 0 Å². The molecule has 0 aromatic heterocycles. The van der Waals surface area contributed by atoms with Crippen molar-refractivity contribution in [3.63, 3.8) is 0 Å². The quantitative estimate of drug-likeness (QED) is 0.0900. The highest BCUT2D eigenvalue weighted by Gasteiger charge is 2.32. The zero-order valence-corrected chi connectivity index (χ0v) is 13.8. The van der Waals surface area contributed by atoms with Crippen LogP contribution in [0.1, 0.15) is 6.92 Å². The highest BCUT2D eigenvalue weighted by atomic mass is 31.2. The van der Waals surface area contributed by atoms with Crippen molar-refractivity contribution in [3.8, 4) is 0 Å². The summed E-state index contributed by atoms with van der Waals surface area (Å²) in [6.45, 7) is 3.65. The molecule has 24 heavy (non-hydrogen) atoms. The second-order valence-corrected chi connectivity index (χ2v) is 5.63. The lowest BCUT2D eigenvalue weighted by atomic mass is 10.0. The van der Waals surface area contributed by atoms with Crippen LogP contribution in [0.15, 0.2) is 12.7 Å². The largest absolute Gasteiger partial charge is 0.472 e. The molecule has 0 aliphatic carbocycles. The van der Waals surface area contributed by atoms with Gasteiger partial charge in [0.15, 0.2) is 6.29 Å². The van der Waals surface area contributed by atoms with Crippen molar-refractivity contribution in [2.75, 3.05) is 19.8 Å². The lowest BCUT2D eigenvalue weighted by molar-refractivity contribution is -0.475. The van der Waals surface area contributed by atoms with E-state index in [-0.39, 0.29) is 24.4 Å². The van der Waals surface area contributed by atoms with Crippen molar-refractivity contribution in [1.82, 2.24) is 0 Å². The topological polar surface area (TPSA) is 197 Å². The van der Waals surface area contributed by atoms with Crippen LogP contribution in [0, 0.1) is 10.1 Å². The first kappa shape index (κ1) is 25.0. The Bertz CT molecular complexity index is 432. The van der Waals surface area contributed by atoms with E-state index in [1.165, 1.54) is 13.0 Å². The third-order valence-electron chi connectivity index (χ3n) is 2.26. The van der Waals surface area contributed by atoms with Crippen molar-refractivity contribution >= 4 is 14.1 Å². The molecule has 13 heteroatoms. The molecule has 0 aliphatic heterocycles. The van der Waals surface area contributed by atoms with Gasteiger partial charge in [-0.2, -0.15) is 0 Å². The van der Waals surface area contributed by atoms with Crippen LogP contribution in [0.4, 0.5) is 0 Å². The molecule has 1 unspecified atom stereocenters. The minimum Gasteiger partial charge on any atom is -0.388 e. The molecule has 0 saturated carbocycles. The van der Waals surface area contributed by atoms with Gasteiger partial charge in [0.05, 0.1) is 13.2 Å². The summed E-state index contributed by atoms with van der Waals surface area (Å²) in [7, 11) is -4.42. The summed E-state index contributed by atoms with van der Waals surface area (Å²) in [5.41, 5.74) is 0. The summed E-state index contributed by atoms with van der Waals surface area (Å²) < 4.78 is 19.8. The molecule has 5 atom stereocenters. The lowest BCUT2D eigenvalue weighted by Crippen LogP contribution is -2.46. The second-order valence-electron chi connectivity index (χ2n) is 4.17. The van der Waals surface area contributed by atoms with E-state index in [1.54, 1.807) is 0 Å². The van der Waals surface area contributed by atoms with Crippen LogP contribution >= 0.6 is 7.82 Å². The van der Waals surface area contributed by atoms with E-state index in [1.807, 2.05) is 0 Å². The second kappa shape index (κ2) is 13.1. The fraction of sp³-hybridized carbons (Fsp3) is 0.727. The summed E-state index contributed by atoms with van der Waals surface area (Å²) >= 11 is 0. The number of hydrogen-bond acceptors (Lipinski definition) is 10. The van der Waals surface area contributed by atoms with Crippen molar-refractivity contribution in [1.29, 1.82) is 0 Å². The molecule has 0 aromatic rings. The Morgan fingerprint density at radius 1 is 1.25 bits per heavy atom. The number of aliphatic hydroxyl groups is 4. The summed E-state index contributed by atoms with van der Waals surface area (Å²) in [6.07, 6.45) is -6.45. The minimum atomic E-state index is -4.42. The van der Waals surface area contributed by atoms with Crippen molar-refractivity contribution in [2.24, 2.45) is 0 Å². The normalized spacial score (nSPS) is 18.1. The molecule has 0 bridgehead atoms. The number of nitro groups is 1. The number of rotatable bonds is 11. The van der Waals surface area contributed by atoms with Gasteiger partial charge in [-0.1, -0.05) is 6.08 Å². The molecular formula is C11H22NO11P. The maximum absolute atomic E-state index is 11.2. The molecule has 0 rings (SSSR count). The van der Waals surface area contributed by atoms with Crippen molar-refractivity contribution in [2.45, 2.75) is 31.3 Å². The maximum Gasteiger partial charge on any atom is 0.472 e. The van der Waals surface area contributed by atoms with Crippen LogP contribution in [0.25, 0.3) is 0 Å². The first-order chi connectivity index (χ1) is 11.0. The van der Waals surface area contributed by atoms with Gasteiger partial charge in [-0.15, -0.1) is 6.58 Å². The number of aliphatic hydroxyl groups excluding tert-OH is 4.